The molecule has 2 aromatic carbocycles. The lowest BCUT2D eigenvalue weighted by molar-refractivity contribution is -0.120. The van der Waals surface area contributed by atoms with Crippen molar-refractivity contribution in [2.24, 2.45) is 0 Å². The number of anilines is 2. The SMILES string of the molecule is CNC(=O)CCCCCCN(C)C(=O)c1cccc(Nc2c(C)cccc2C)c1. The Balaban J connectivity index is 1.87. The van der Waals surface area contributed by atoms with Gasteiger partial charge in [0.2, 0.25) is 5.91 Å². The van der Waals surface area contributed by atoms with E-state index >= 15 is 0 Å². The van der Waals surface area contributed by atoms with Gasteiger partial charge in [-0.3, -0.25) is 9.59 Å². The number of hydrogen-bond acceptors (Lipinski definition) is 3. The lowest BCUT2D eigenvalue weighted by Crippen LogP contribution is -2.27. The first kappa shape index (κ1) is 22.5. The van der Waals surface area contributed by atoms with Crippen molar-refractivity contribution in [3.63, 3.8) is 0 Å². The first-order valence-electron chi connectivity index (χ1n) is 10.3. The maximum atomic E-state index is 12.8. The summed E-state index contributed by atoms with van der Waals surface area (Å²) in [6.45, 7) is 4.87. The Morgan fingerprint density at radius 1 is 0.931 bits per heavy atom. The lowest BCUT2D eigenvalue weighted by Gasteiger charge is -2.18. The molecule has 0 radical (unpaired) electrons. The van der Waals surface area contributed by atoms with Crippen LogP contribution in [0, 0.1) is 13.8 Å². The van der Waals surface area contributed by atoms with E-state index in [2.05, 4.69) is 36.6 Å². The molecule has 0 saturated heterocycles. The number of hydrogen-bond donors (Lipinski definition) is 2. The second-order valence-electron chi connectivity index (χ2n) is 7.54. The summed E-state index contributed by atoms with van der Waals surface area (Å²) in [5.74, 6) is 0.118. The first-order chi connectivity index (χ1) is 13.9. The standard InChI is InChI=1S/C24H33N3O2/c1-18-11-9-12-19(2)23(18)26-21-14-10-13-20(17-21)24(29)27(4)16-8-6-5-7-15-22(28)25-3/h9-14,17,26H,5-8,15-16H2,1-4H3,(H,25,28). The van der Waals surface area contributed by atoms with E-state index in [1.165, 1.54) is 11.1 Å². The van der Waals surface area contributed by atoms with Crippen LogP contribution in [-0.2, 0) is 4.79 Å². The van der Waals surface area contributed by atoms with Crippen LogP contribution in [0.1, 0.15) is 53.6 Å². The fraction of sp³-hybridized carbons (Fsp3) is 0.417. The maximum Gasteiger partial charge on any atom is 0.253 e. The molecule has 0 aliphatic rings. The molecule has 0 heterocycles. The Labute approximate surface area is 174 Å². The molecule has 0 saturated carbocycles. The minimum atomic E-state index is 0.0283. The van der Waals surface area contributed by atoms with Gasteiger partial charge in [0.05, 0.1) is 0 Å². The minimum absolute atomic E-state index is 0.0283. The van der Waals surface area contributed by atoms with E-state index < -0.39 is 0 Å². The van der Waals surface area contributed by atoms with E-state index in [-0.39, 0.29) is 11.8 Å². The molecule has 0 fully saturated rings. The number of carbonyl (C=O) groups excluding carboxylic acids is 2. The molecule has 2 N–H and O–H groups in total. The van der Waals surface area contributed by atoms with Gasteiger partial charge in [0.1, 0.15) is 0 Å². The number of carbonyl (C=O) groups is 2. The molecule has 0 aliphatic heterocycles. The lowest BCUT2D eigenvalue weighted by atomic mass is 10.1. The van der Waals surface area contributed by atoms with Gasteiger partial charge in [-0.25, -0.2) is 0 Å². The van der Waals surface area contributed by atoms with Crippen molar-refractivity contribution in [2.45, 2.75) is 46.0 Å². The van der Waals surface area contributed by atoms with Crippen molar-refractivity contribution in [1.82, 2.24) is 10.2 Å². The molecule has 2 rings (SSSR count). The molecular weight excluding hydrogens is 362 g/mol. The van der Waals surface area contributed by atoms with Gasteiger partial charge in [0.25, 0.3) is 5.91 Å². The summed E-state index contributed by atoms with van der Waals surface area (Å²) in [7, 11) is 3.51. The number of amides is 2. The van der Waals surface area contributed by atoms with Crippen LogP contribution in [0.3, 0.4) is 0 Å². The van der Waals surface area contributed by atoms with Crippen LogP contribution < -0.4 is 10.6 Å². The zero-order chi connectivity index (χ0) is 21.2. The largest absolute Gasteiger partial charge is 0.359 e. The topological polar surface area (TPSA) is 61.4 Å². The molecule has 156 valence electrons. The highest BCUT2D eigenvalue weighted by molar-refractivity contribution is 5.95. The van der Waals surface area contributed by atoms with Gasteiger partial charge in [0.15, 0.2) is 0 Å². The van der Waals surface area contributed by atoms with E-state index in [1.54, 1.807) is 11.9 Å². The highest BCUT2D eigenvalue weighted by atomic mass is 16.2. The van der Waals surface area contributed by atoms with Crippen molar-refractivity contribution < 1.29 is 9.59 Å². The summed E-state index contributed by atoms with van der Waals surface area (Å²) < 4.78 is 0. The number of unbranched alkanes of at least 4 members (excludes halogenated alkanes) is 3. The number of nitrogens with one attached hydrogen (secondary N) is 2. The normalized spacial score (nSPS) is 10.5. The number of benzene rings is 2. The number of nitrogens with zero attached hydrogens (tertiary/aromatic N) is 1. The van der Waals surface area contributed by atoms with E-state index in [1.807, 2.05) is 37.4 Å². The van der Waals surface area contributed by atoms with Crippen molar-refractivity contribution in [2.75, 3.05) is 26.0 Å². The molecule has 0 unspecified atom stereocenters. The Morgan fingerprint density at radius 2 is 1.59 bits per heavy atom. The third-order valence-electron chi connectivity index (χ3n) is 5.13. The van der Waals surface area contributed by atoms with Crippen LogP contribution in [0.25, 0.3) is 0 Å². The van der Waals surface area contributed by atoms with Gasteiger partial charge in [-0.05, 0) is 56.0 Å². The number of para-hydroxylation sites is 1. The van der Waals surface area contributed by atoms with Gasteiger partial charge < -0.3 is 15.5 Å². The summed E-state index contributed by atoms with van der Waals surface area (Å²) in [4.78, 5) is 25.8. The highest BCUT2D eigenvalue weighted by Gasteiger charge is 2.12. The predicted octanol–water partition coefficient (Wildman–Crippen LogP) is 4.82. The summed E-state index contributed by atoms with van der Waals surface area (Å²) in [6.07, 6.45) is 4.43. The fourth-order valence-electron chi connectivity index (χ4n) is 3.32. The summed E-state index contributed by atoms with van der Waals surface area (Å²) in [6, 6.07) is 13.9. The van der Waals surface area contributed by atoms with Gasteiger partial charge in [0, 0.05) is 44.0 Å². The molecule has 0 aromatic heterocycles. The quantitative estimate of drug-likeness (QED) is 0.567. The van der Waals surface area contributed by atoms with Gasteiger partial charge >= 0.3 is 0 Å². The van der Waals surface area contributed by atoms with E-state index in [9.17, 15) is 9.59 Å². The predicted molar refractivity (Wildman–Crippen MR) is 120 cm³/mol. The Bertz CT molecular complexity index is 812. The first-order valence-corrected chi connectivity index (χ1v) is 10.3. The second-order valence-corrected chi connectivity index (χ2v) is 7.54. The van der Waals surface area contributed by atoms with E-state index in [0.29, 0.717) is 18.5 Å². The van der Waals surface area contributed by atoms with Crippen LogP contribution in [-0.4, -0.2) is 37.4 Å². The van der Waals surface area contributed by atoms with Crippen LogP contribution >= 0.6 is 0 Å². The molecule has 0 bridgehead atoms. The fourth-order valence-corrected chi connectivity index (χ4v) is 3.32. The third kappa shape index (κ3) is 6.93. The van der Waals surface area contributed by atoms with E-state index in [0.717, 1.165) is 37.1 Å². The zero-order valence-electron chi connectivity index (χ0n) is 18.0. The zero-order valence-corrected chi connectivity index (χ0v) is 18.0. The molecule has 2 aromatic rings. The van der Waals surface area contributed by atoms with Gasteiger partial charge in [-0.2, -0.15) is 0 Å². The van der Waals surface area contributed by atoms with Crippen LogP contribution in [0.4, 0.5) is 11.4 Å². The van der Waals surface area contributed by atoms with Gasteiger partial charge in [-0.1, -0.05) is 37.1 Å². The average molecular weight is 396 g/mol. The van der Waals surface area contributed by atoms with Crippen LogP contribution in [0.15, 0.2) is 42.5 Å². The average Bonchev–Trinajstić information content (AvgIpc) is 2.72. The summed E-state index contributed by atoms with van der Waals surface area (Å²) in [5.41, 5.74) is 5.03. The third-order valence-corrected chi connectivity index (χ3v) is 5.13. The smallest absolute Gasteiger partial charge is 0.253 e. The van der Waals surface area contributed by atoms with Gasteiger partial charge in [-0.15, -0.1) is 0 Å². The van der Waals surface area contributed by atoms with Crippen molar-refractivity contribution in [3.05, 3.63) is 59.2 Å². The monoisotopic (exact) mass is 395 g/mol. The van der Waals surface area contributed by atoms with Crippen molar-refractivity contribution in [3.8, 4) is 0 Å². The Hall–Kier alpha value is -2.82. The van der Waals surface area contributed by atoms with Crippen LogP contribution in [0.5, 0.6) is 0 Å². The molecule has 5 nitrogen and oxygen atoms in total. The minimum Gasteiger partial charge on any atom is -0.359 e. The molecule has 29 heavy (non-hydrogen) atoms. The molecular formula is C24H33N3O2. The summed E-state index contributed by atoms with van der Waals surface area (Å²) >= 11 is 0. The Kier molecular flexibility index (Phi) is 8.71. The molecule has 0 atom stereocenters. The maximum absolute atomic E-state index is 12.8. The molecule has 0 spiro atoms. The molecule has 2 amide bonds. The molecule has 5 heteroatoms. The second kappa shape index (κ2) is 11.2. The number of aryl methyl sites for hydroxylation is 2. The van der Waals surface area contributed by atoms with E-state index in [4.69, 9.17) is 0 Å². The highest BCUT2D eigenvalue weighted by Crippen LogP contribution is 2.25. The van der Waals surface area contributed by atoms with Crippen molar-refractivity contribution in [1.29, 1.82) is 0 Å². The Morgan fingerprint density at radius 3 is 2.28 bits per heavy atom. The summed E-state index contributed by atoms with van der Waals surface area (Å²) in [5, 5.41) is 6.09. The molecule has 0 aliphatic carbocycles. The number of rotatable bonds is 10. The van der Waals surface area contributed by atoms with Crippen LogP contribution in [0.2, 0.25) is 0 Å². The van der Waals surface area contributed by atoms with Crippen molar-refractivity contribution >= 4 is 23.2 Å².